The van der Waals surface area contributed by atoms with Gasteiger partial charge >= 0.3 is 0 Å². The van der Waals surface area contributed by atoms with Crippen molar-refractivity contribution in [2.75, 3.05) is 19.7 Å². The van der Waals surface area contributed by atoms with E-state index >= 15 is 0 Å². The van der Waals surface area contributed by atoms with Crippen molar-refractivity contribution in [2.45, 2.75) is 39.2 Å². The van der Waals surface area contributed by atoms with Crippen LogP contribution in [-0.2, 0) is 4.79 Å². The van der Waals surface area contributed by atoms with Crippen molar-refractivity contribution in [1.82, 2.24) is 10.2 Å². The fourth-order valence-electron chi connectivity index (χ4n) is 3.00. The Morgan fingerprint density at radius 3 is 2.62 bits per heavy atom. The highest BCUT2D eigenvalue weighted by Crippen LogP contribution is 2.29. The Morgan fingerprint density at radius 1 is 1.29 bits per heavy atom. The number of piperazine rings is 1. The topological polar surface area (TPSA) is 58.6 Å². The number of carbonyl (C=O) groups excluding carboxylic acids is 2. The van der Waals surface area contributed by atoms with Crippen LogP contribution in [-0.4, -0.2) is 42.5 Å². The minimum Gasteiger partial charge on any atom is -0.493 e. The predicted octanol–water partition coefficient (Wildman–Crippen LogP) is 2.46. The lowest BCUT2D eigenvalue weighted by Crippen LogP contribution is -2.57. The van der Waals surface area contributed by atoms with Gasteiger partial charge in [0, 0.05) is 18.7 Å². The molecule has 1 saturated heterocycles. The van der Waals surface area contributed by atoms with E-state index in [1.807, 2.05) is 12.1 Å². The molecule has 2 fully saturated rings. The lowest BCUT2D eigenvalue weighted by Gasteiger charge is -2.36. The van der Waals surface area contributed by atoms with Crippen molar-refractivity contribution in [2.24, 2.45) is 11.8 Å². The maximum absolute atomic E-state index is 12.8. The summed E-state index contributed by atoms with van der Waals surface area (Å²) in [6.07, 6.45) is 3.19. The van der Waals surface area contributed by atoms with Gasteiger partial charge in [0.25, 0.3) is 5.91 Å². The van der Waals surface area contributed by atoms with Gasteiger partial charge in [0.1, 0.15) is 11.8 Å². The third kappa shape index (κ3) is 4.08. The van der Waals surface area contributed by atoms with Crippen LogP contribution in [0.4, 0.5) is 0 Å². The highest BCUT2D eigenvalue weighted by molar-refractivity contribution is 5.98. The number of amides is 2. The average Bonchev–Trinajstić information content (AvgIpc) is 3.39. The lowest BCUT2D eigenvalue weighted by atomic mass is 9.99. The van der Waals surface area contributed by atoms with E-state index in [-0.39, 0.29) is 17.9 Å². The van der Waals surface area contributed by atoms with Gasteiger partial charge in [0.2, 0.25) is 5.91 Å². The number of ether oxygens (including phenoxy) is 1. The Morgan fingerprint density at radius 2 is 2.00 bits per heavy atom. The fraction of sp³-hybridized carbons (Fsp3) is 0.579. The summed E-state index contributed by atoms with van der Waals surface area (Å²) in [5.74, 6) is 1.73. The second kappa shape index (κ2) is 7.24. The van der Waals surface area contributed by atoms with Crippen LogP contribution in [0.5, 0.6) is 5.75 Å². The Kier molecular flexibility index (Phi) is 5.07. The van der Waals surface area contributed by atoms with E-state index in [0.29, 0.717) is 36.9 Å². The molecule has 0 spiro atoms. The lowest BCUT2D eigenvalue weighted by molar-refractivity contribution is -0.128. The molecule has 1 saturated carbocycles. The molecular weight excluding hydrogens is 304 g/mol. The third-order valence-electron chi connectivity index (χ3n) is 4.57. The quantitative estimate of drug-likeness (QED) is 0.872. The molecule has 1 unspecified atom stereocenters. The smallest absolute Gasteiger partial charge is 0.254 e. The molecule has 0 aromatic heterocycles. The molecule has 0 radical (unpaired) electrons. The van der Waals surface area contributed by atoms with Crippen LogP contribution >= 0.6 is 0 Å². The molecule has 1 aliphatic heterocycles. The minimum atomic E-state index is -0.378. The molecule has 130 valence electrons. The van der Waals surface area contributed by atoms with Gasteiger partial charge in [-0.3, -0.25) is 9.59 Å². The van der Waals surface area contributed by atoms with Gasteiger partial charge in [0.15, 0.2) is 0 Å². The number of hydrogen-bond donors (Lipinski definition) is 1. The summed E-state index contributed by atoms with van der Waals surface area (Å²) in [6.45, 7) is 5.97. The first kappa shape index (κ1) is 16.8. The molecule has 2 aliphatic rings. The van der Waals surface area contributed by atoms with E-state index in [9.17, 15) is 9.59 Å². The summed E-state index contributed by atoms with van der Waals surface area (Å²) < 4.78 is 5.71. The Labute approximate surface area is 143 Å². The highest BCUT2D eigenvalue weighted by Gasteiger charge is 2.33. The number of nitrogens with zero attached hydrogens (tertiary/aromatic N) is 1. The van der Waals surface area contributed by atoms with Crippen molar-refractivity contribution in [3.63, 3.8) is 0 Å². The SMILES string of the molecule is CC(C)CC1C(=O)NCCN1C(=O)c1ccc(OCC2CC2)cc1. The van der Waals surface area contributed by atoms with Crippen molar-refractivity contribution < 1.29 is 14.3 Å². The number of benzene rings is 1. The molecule has 5 nitrogen and oxygen atoms in total. The van der Waals surface area contributed by atoms with Gasteiger partial charge in [-0.2, -0.15) is 0 Å². The normalized spacial score (nSPS) is 20.9. The largest absolute Gasteiger partial charge is 0.493 e. The standard InChI is InChI=1S/C19H26N2O3/c1-13(2)11-17-18(22)20-9-10-21(17)19(23)15-5-7-16(8-6-15)24-12-14-3-4-14/h5-8,13-14,17H,3-4,9-12H2,1-2H3,(H,20,22). The van der Waals surface area contributed by atoms with Crippen molar-refractivity contribution in [3.05, 3.63) is 29.8 Å². The van der Waals surface area contributed by atoms with E-state index < -0.39 is 0 Å². The van der Waals surface area contributed by atoms with Crippen LogP contribution in [0.2, 0.25) is 0 Å². The summed E-state index contributed by atoms with van der Waals surface area (Å²) in [5.41, 5.74) is 0.609. The first-order valence-electron chi connectivity index (χ1n) is 8.86. The average molecular weight is 330 g/mol. The summed E-state index contributed by atoms with van der Waals surface area (Å²) in [5, 5.41) is 2.86. The first-order chi connectivity index (χ1) is 11.5. The molecule has 2 amide bonds. The molecule has 3 rings (SSSR count). The van der Waals surface area contributed by atoms with Crippen molar-refractivity contribution in [3.8, 4) is 5.75 Å². The monoisotopic (exact) mass is 330 g/mol. The first-order valence-corrected chi connectivity index (χ1v) is 8.86. The molecule has 1 aromatic carbocycles. The van der Waals surface area contributed by atoms with Crippen LogP contribution in [0.15, 0.2) is 24.3 Å². The summed E-state index contributed by atoms with van der Waals surface area (Å²) in [7, 11) is 0. The zero-order valence-electron chi connectivity index (χ0n) is 14.5. The Balaban J connectivity index is 1.67. The van der Waals surface area contributed by atoms with E-state index in [1.54, 1.807) is 17.0 Å². The summed E-state index contributed by atoms with van der Waals surface area (Å²) >= 11 is 0. The number of rotatable bonds is 6. The zero-order chi connectivity index (χ0) is 17.1. The van der Waals surface area contributed by atoms with Crippen molar-refractivity contribution in [1.29, 1.82) is 0 Å². The summed E-state index contributed by atoms with van der Waals surface area (Å²) in [4.78, 5) is 26.7. The summed E-state index contributed by atoms with van der Waals surface area (Å²) in [6, 6.07) is 6.90. The van der Waals surface area contributed by atoms with Crippen LogP contribution in [0.25, 0.3) is 0 Å². The maximum Gasteiger partial charge on any atom is 0.254 e. The van der Waals surface area contributed by atoms with Gasteiger partial charge in [-0.1, -0.05) is 13.8 Å². The van der Waals surface area contributed by atoms with E-state index in [0.717, 1.165) is 12.4 Å². The molecule has 1 N–H and O–H groups in total. The molecule has 0 bridgehead atoms. The minimum absolute atomic E-state index is 0.0484. The van der Waals surface area contributed by atoms with Gasteiger partial charge in [-0.15, -0.1) is 0 Å². The highest BCUT2D eigenvalue weighted by atomic mass is 16.5. The van der Waals surface area contributed by atoms with Gasteiger partial charge in [-0.05, 0) is 55.4 Å². The van der Waals surface area contributed by atoms with E-state index in [1.165, 1.54) is 12.8 Å². The van der Waals surface area contributed by atoms with Crippen LogP contribution < -0.4 is 10.1 Å². The molecule has 1 aromatic rings. The Bertz CT molecular complexity index is 593. The molecule has 1 aliphatic carbocycles. The fourth-order valence-corrected chi connectivity index (χ4v) is 3.00. The second-order valence-corrected chi connectivity index (χ2v) is 7.21. The van der Waals surface area contributed by atoms with Gasteiger partial charge < -0.3 is 15.0 Å². The molecule has 1 atom stereocenters. The number of carbonyl (C=O) groups is 2. The van der Waals surface area contributed by atoms with Crippen LogP contribution in [0.1, 0.15) is 43.5 Å². The molecule has 5 heteroatoms. The zero-order valence-corrected chi connectivity index (χ0v) is 14.5. The predicted molar refractivity (Wildman–Crippen MR) is 92.0 cm³/mol. The third-order valence-corrected chi connectivity index (χ3v) is 4.57. The molecular formula is C19H26N2O3. The van der Waals surface area contributed by atoms with Gasteiger partial charge in [0.05, 0.1) is 6.61 Å². The maximum atomic E-state index is 12.8. The number of nitrogens with one attached hydrogen (secondary N) is 1. The molecule has 1 heterocycles. The van der Waals surface area contributed by atoms with Crippen molar-refractivity contribution >= 4 is 11.8 Å². The molecule has 24 heavy (non-hydrogen) atoms. The second-order valence-electron chi connectivity index (χ2n) is 7.21. The van der Waals surface area contributed by atoms with E-state index in [4.69, 9.17) is 4.74 Å². The van der Waals surface area contributed by atoms with Gasteiger partial charge in [-0.25, -0.2) is 0 Å². The van der Waals surface area contributed by atoms with Crippen LogP contribution in [0.3, 0.4) is 0 Å². The number of hydrogen-bond acceptors (Lipinski definition) is 3. The van der Waals surface area contributed by atoms with Crippen LogP contribution in [0, 0.1) is 11.8 Å². The van der Waals surface area contributed by atoms with E-state index in [2.05, 4.69) is 19.2 Å². The Hall–Kier alpha value is -2.04.